The summed E-state index contributed by atoms with van der Waals surface area (Å²) in [4.78, 5) is 14.8. The summed E-state index contributed by atoms with van der Waals surface area (Å²) >= 11 is 0. The Balaban J connectivity index is 2.26. The number of benzene rings is 1. The van der Waals surface area contributed by atoms with Crippen LogP contribution in [0.3, 0.4) is 0 Å². The van der Waals surface area contributed by atoms with Crippen molar-refractivity contribution >= 4 is 22.5 Å². The average molecular weight is 201 g/mol. The van der Waals surface area contributed by atoms with Gasteiger partial charge in [0.15, 0.2) is 0 Å². The van der Waals surface area contributed by atoms with Gasteiger partial charge in [0.1, 0.15) is 0 Å². The first-order valence-corrected chi connectivity index (χ1v) is 4.63. The van der Waals surface area contributed by atoms with Gasteiger partial charge in [0.2, 0.25) is 5.91 Å². The van der Waals surface area contributed by atoms with Gasteiger partial charge >= 0.3 is 0 Å². The number of primary amides is 1. The molecule has 0 radical (unpaired) electrons. The number of fused-ring (bicyclic) bond motifs is 1. The van der Waals surface area contributed by atoms with E-state index >= 15 is 0 Å². The highest BCUT2D eigenvalue weighted by molar-refractivity contribution is 5.84. The molecule has 0 aliphatic carbocycles. The number of carbonyl (C=O) groups is 1. The van der Waals surface area contributed by atoms with Crippen LogP contribution in [0.25, 0.3) is 10.9 Å². The zero-order chi connectivity index (χ0) is 10.7. The summed E-state index contributed by atoms with van der Waals surface area (Å²) in [6, 6.07) is 9.56. The predicted molar refractivity (Wildman–Crippen MR) is 59.4 cm³/mol. The SMILES string of the molecule is NC(=O)CNc1ccc2ncccc2c1. The van der Waals surface area contributed by atoms with Crippen molar-refractivity contribution in [2.24, 2.45) is 5.73 Å². The Morgan fingerprint density at radius 1 is 1.40 bits per heavy atom. The van der Waals surface area contributed by atoms with Crippen LogP contribution in [-0.2, 0) is 4.79 Å². The molecule has 0 unspecified atom stereocenters. The Morgan fingerprint density at radius 2 is 2.27 bits per heavy atom. The summed E-state index contributed by atoms with van der Waals surface area (Å²) in [5.41, 5.74) is 6.84. The van der Waals surface area contributed by atoms with E-state index in [4.69, 9.17) is 5.73 Å². The van der Waals surface area contributed by atoms with E-state index in [0.29, 0.717) is 0 Å². The van der Waals surface area contributed by atoms with Gasteiger partial charge in [0.25, 0.3) is 0 Å². The van der Waals surface area contributed by atoms with Gasteiger partial charge in [-0.25, -0.2) is 0 Å². The molecule has 0 fully saturated rings. The molecule has 0 aliphatic rings. The first-order valence-electron chi connectivity index (χ1n) is 4.63. The summed E-state index contributed by atoms with van der Waals surface area (Å²) in [6.07, 6.45) is 1.75. The second kappa shape index (κ2) is 3.96. The fourth-order valence-corrected chi connectivity index (χ4v) is 1.37. The molecule has 2 rings (SSSR count). The van der Waals surface area contributed by atoms with E-state index in [-0.39, 0.29) is 12.5 Å². The topological polar surface area (TPSA) is 68.0 Å². The third-order valence-corrected chi connectivity index (χ3v) is 2.07. The van der Waals surface area contributed by atoms with Crippen LogP contribution < -0.4 is 11.1 Å². The molecule has 0 aliphatic heterocycles. The summed E-state index contributed by atoms with van der Waals surface area (Å²) in [5.74, 6) is -0.374. The lowest BCUT2D eigenvalue weighted by molar-refractivity contribution is -0.116. The van der Waals surface area contributed by atoms with Crippen LogP contribution >= 0.6 is 0 Å². The number of hydrogen-bond acceptors (Lipinski definition) is 3. The van der Waals surface area contributed by atoms with E-state index in [0.717, 1.165) is 16.6 Å². The summed E-state index contributed by atoms with van der Waals surface area (Å²) in [6.45, 7) is 0.145. The Morgan fingerprint density at radius 3 is 3.07 bits per heavy atom. The highest BCUT2D eigenvalue weighted by atomic mass is 16.1. The molecule has 1 aromatic carbocycles. The normalized spacial score (nSPS) is 10.1. The maximum Gasteiger partial charge on any atom is 0.236 e. The molecular formula is C11H11N3O. The van der Waals surface area contributed by atoms with Crippen molar-refractivity contribution in [3.63, 3.8) is 0 Å². The first-order chi connectivity index (χ1) is 7.25. The minimum atomic E-state index is -0.374. The van der Waals surface area contributed by atoms with Crippen LogP contribution in [0.4, 0.5) is 5.69 Å². The lowest BCUT2D eigenvalue weighted by Crippen LogP contribution is -2.21. The third kappa shape index (κ3) is 2.22. The van der Waals surface area contributed by atoms with Crippen LogP contribution in [0.1, 0.15) is 0 Å². The molecule has 0 saturated heterocycles. The Hall–Kier alpha value is -2.10. The van der Waals surface area contributed by atoms with Crippen LogP contribution in [0, 0.1) is 0 Å². The number of carbonyl (C=O) groups excluding carboxylic acids is 1. The van der Waals surface area contributed by atoms with E-state index in [1.807, 2.05) is 30.3 Å². The fourth-order valence-electron chi connectivity index (χ4n) is 1.37. The van der Waals surface area contributed by atoms with Crippen molar-refractivity contribution < 1.29 is 4.79 Å². The van der Waals surface area contributed by atoms with Crippen molar-refractivity contribution in [3.05, 3.63) is 36.5 Å². The molecule has 15 heavy (non-hydrogen) atoms. The number of nitrogens with one attached hydrogen (secondary N) is 1. The molecule has 3 N–H and O–H groups in total. The quantitative estimate of drug-likeness (QED) is 0.782. The van der Waals surface area contributed by atoms with Gasteiger partial charge in [-0.05, 0) is 24.3 Å². The van der Waals surface area contributed by atoms with E-state index in [2.05, 4.69) is 10.3 Å². The molecule has 0 bridgehead atoms. The number of amides is 1. The molecule has 0 saturated carbocycles. The fraction of sp³-hybridized carbons (Fsp3) is 0.0909. The number of nitrogens with two attached hydrogens (primary N) is 1. The lowest BCUT2D eigenvalue weighted by Gasteiger charge is -2.04. The number of pyridine rings is 1. The smallest absolute Gasteiger partial charge is 0.236 e. The van der Waals surface area contributed by atoms with Gasteiger partial charge in [-0.2, -0.15) is 0 Å². The van der Waals surface area contributed by atoms with Crippen molar-refractivity contribution in [1.82, 2.24) is 4.98 Å². The molecule has 0 atom stereocenters. The second-order valence-corrected chi connectivity index (χ2v) is 3.23. The van der Waals surface area contributed by atoms with Crippen LogP contribution in [0.5, 0.6) is 0 Å². The molecule has 0 spiro atoms. The average Bonchev–Trinajstić information content (AvgIpc) is 2.26. The third-order valence-electron chi connectivity index (χ3n) is 2.07. The van der Waals surface area contributed by atoms with Crippen molar-refractivity contribution in [2.45, 2.75) is 0 Å². The number of nitrogens with zero attached hydrogens (tertiary/aromatic N) is 1. The largest absolute Gasteiger partial charge is 0.376 e. The van der Waals surface area contributed by atoms with Gasteiger partial charge in [-0.15, -0.1) is 0 Å². The van der Waals surface area contributed by atoms with Gasteiger partial charge in [-0.1, -0.05) is 6.07 Å². The minimum absolute atomic E-state index is 0.145. The summed E-state index contributed by atoms with van der Waals surface area (Å²) < 4.78 is 0. The lowest BCUT2D eigenvalue weighted by atomic mass is 10.2. The predicted octanol–water partition coefficient (Wildman–Crippen LogP) is 1.13. The van der Waals surface area contributed by atoms with Crippen LogP contribution in [0.2, 0.25) is 0 Å². The Bertz CT molecular complexity index is 496. The highest BCUT2D eigenvalue weighted by Crippen LogP contribution is 2.16. The molecule has 1 amide bonds. The molecule has 4 heteroatoms. The zero-order valence-corrected chi connectivity index (χ0v) is 8.10. The van der Waals surface area contributed by atoms with Crippen molar-refractivity contribution in [2.75, 3.05) is 11.9 Å². The maximum atomic E-state index is 10.6. The molecular weight excluding hydrogens is 190 g/mol. The standard InChI is InChI=1S/C11H11N3O/c12-11(15)7-14-9-3-4-10-8(6-9)2-1-5-13-10/h1-6,14H,7H2,(H2,12,15). The Kier molecular flexibility index (Phi) is 2.49. The van der Waals surface area contributed by atoms with Gasteiger partial charge in [-0.3, -0.25) is 9.78 Å². The van der Waals surface area contributed by atoms with Gasteiger partial charge in [0, 0.05) is 17.3 Å². The highest BCUT2D eigenvalue weighted by Gasteiger charge is 1.97. The maximum absolute atomic E-state index is 10.6. The molecule has 1 heterocycles. The van der Waals surface area contributed by atoms with Gasteiger partial charge in [0.05, 0.1) is 12.1 Å². The van der Waals surface area contributed by atoms with Crippen LogP contribution in [0.15, 0.2) is 36.5 Å². The van der Waals surface area contributed by atoms with Gasteiger partial charge < -0.3 is 11.1 Å². The minimum Gasteiger partial charge on any atom is -0.376 e. The van der Waals surface area contributed by atoms with E-state index in [1.54, 1.807) is 6.20 Å². The number of aromatic nitrogens is 1. The zero-order valence-electron chi connectivity index (χ0n) is 8.10. The Labute approximate surface area is 87.1 Å². The van der Waals surface area contributed by atoms with Crippen molar-refractivity contribution in [1.29, 1.82) is 0 Å². The second-order valence-electron chi connectivity index (χ2n) is 3.23. The van der Waals surface area contributed by atoms with E-state index in [1.165, 1.54) is 0 Å². The van der Waals surface area contributed by atoms with E-state index in [9.17, 15) is 4.79 Å². The summed E-state index contributed by atoms with van der Waals surface area (Å²) in [7, 11) is 0. The van der Waals surface area contributed by atoms with E-state index < -0.39 is 0 Å². The number of anilines is 1. The van der Waals surface area contributed by atoms with Crippen molar-refractivity contribution in [3.8, 4) is 0 Å². The summed E-state index contributed by atoms with van der Waals surface area (Å²) in [5, 5.41) is 3.97. The van der Waals surface area contributed by atoms with Crippen LogP contribution in [-0.4, -0.2) is 17.4 Å². The molecule has 2 aromatic rings. The molecule has 1 aromatic heterocycles. The monoisotopic (exact) mass is 201 g/mol. The first kappa shape index (κ1) is 9.45. The number of rotatable bonds is 3. The molecule has 76 valence electrons. The molecule has 4 nitrogen and oxygen atoms in total. The number of hydrogen-bond donors (Lipinski definition) is 2.